The van der Waals surface area contributed by atoms with Crippen LogP contribution in [0.4, 0.5) is 5.69 Å². The van der Waals surface area contributed by atoms with Crippen LogP contribution in [0.3, 0.4) is 0 Å². The van der Waals surface area contributed by atoms with Gasteiger partial charge >= 0.3 is 0 Å². The number of likely N-dealkylation sites (tertiary alicyclic amines) is 1. The summed E-state index contributed by atoms with van der Waals surface area (Å²) in [7, 11) is 0. The van der Waals surface area contributed by atoms with Gasteiger partial charge in [0.15, 0.2) is 0 Å². The largest absolute Gasteiger partial charge is 0.384 e. The van der Waals surface area contributed by atoms with Crippen molar-refractivity contribution in [3.63, 3.8) is 0 Å². The lowest BCUT2D eigenvalue weighted by atomic mass is 9.85. The summed E-state index contributed by atoms with van der Waals surface area (Å²) < 4.78 is 0. The highest BCUT2D eigenvalue weighted by molar-refractivity contribution is 5.53. The van der Waals surface area contributed by atoms with E-state index in [0.29, 0.717) is 0 Å². The van der Waals surface area contributed by atoms with Gasteiger partial charge < -0.3 is 5.32 Å². The molecule has 0 spiro atoms. The zero-order chi connectivity index (χ0) is 13.4. The van der Waals surface area contributed by atoms with Crippen LogP contribution in [0.25, 0.3) is 0 Å². The zero-order valence-electron chi connectivity index (χ0n) is 12.4. The van der Waals surface area contributed by atoms with E-state index >= 15 is 0 Å². The molecule has 2 nitrogen and oxygen atoms in total. The minimum Gasteiger partial charge on any atom is -0.384 e. The van der Waals surface area contributed by atoms with Crippen LogP contribution in [-0.2, 0) is 6.42 Å². The molecule has 2 heterocycles. The van der Waals surface area contributed by atoms with E-state index in [-0.39, 0.29) is 0 Å². The Kier molecular flexibility index (Phi) is 3.43. The van der Waals surface area contributed by atoms with Crippen LogP contribution in [0.5, 0.6) is 0 Å². The molecule has 3 atom stereocenters. The maximum Gasteiger partial charge on any atom is 0.0372 e. The minimum absolute atomic E-state index is 0.797. The predicted molar refractivity (Wildman–Crippen MR) is 84.1 cm³/mol. The molecule has 0 amide bonds. The molecule has 1 N–H and O–H groups in total. The molecular formula is C18H26N2. The van der Waals surface area contributed by atoms with Crippen LogP contribution in [0, 0.1) is 11.8 Å². The van der Waals surface area contributed by atoms with E-state index in [2.05, 4.69) is 34.5 Å². The zero-order valence-corrected chi connectivity index (χ0v) is 12.4. The maximum absolute atomic E-state index is 3.63. The monoisotopic (exact) mass is 270 g/mol. The molecule has 2 fully saturated rings. The van der Waals surface area contributed by atoms with E-state index in [0.717, 1.165) is 24.4 Å². The van der Waals surface area contributed by atoms with E-state index in [4.69, 9.17) is 0 Å². The Bertz CT molecular complexity index is 470. The Labute approximate surface area is 122 Å². The molecule has 1 aliphatic carbocycles. The lowest BCUT2D eigenvalue weighted by molar-refractivity contribution is 0.161. The number of nitrogens with one attached hydrogen (secondary N) is 1. The summed E-state index contributed by atoms with van der Waals surface area (Å²) >= 11 is 0. The van der Waals surface area contributed by atoms with Crippen molar-refractivity contribution in [1.29, 1.82) is 0 Å². The van der Waals surface area contributed by atoms with Crippen molar-refractivity contribution in [1.82, 2.24) is 4.90 Å². The number of hydrogen-bond acceptors (Lipinski definition) is 2. The van der Waals surface area contributed by atoms with Gasteiger partial charge in [0.05, 0.1) is 0 Å². The van der Waals surface area contributed by atoms with Crippen LogP contribution in [0.1, 0.15) is 37.7 Å². The van der Waals surface area contributed by atoms with Crippen LogP contribution in [0.15, 0.2) is 24.3 Å². The second kappa shape index (κ2) is 5.40. The standard InChI is InChI=1S/C18H26N2/c1-3-7-17-16(6-1)11-14(12-19-17)13-20-10-9-15-5-2-4-8-18(15)20/h1,3,6-7,14-15,18-19H,2,4-5,8-13H2. The van der Waals surface area contributed by atoms with Gasteiger partial charge in [-0.05, 0) is 55.7 Å². The van der Waals surface area contributed by atoms with E-state index < -0.39 is 0 Å². The normalized spacial score (nSPS) is 33.3. The van der Waals surface area contributed by atoms with Crippen molar-refractivity contribution in [2.75, 3.05) is 25.0 Å². The van der Waals surface area contributed by atoms with E-state index in [1.165, 1.54) is 62.9 Å². The van der Waals surface area contributed by atoms with Crippen molar-refractivity contribution in [2.24, 2.45) is 11.8 Å². The van der Waals surface area contributed by atoms with Crippen molar-refractivity contribution in [3.05, 3.63) is 29.8 Å². The van der Waals surface area contributed by atoms with Gasteiger partial charge in [0.2, 0.25) is 0 Å². The van der Waals surface area contributed by atoms with Crippen LogP contribution in [-0.4, -0.2) is 30.6 Å². The fourth-order valence-corrected chi connectivity index (χ4v) is 4.70. The Morgan fingerprint density at radius 2 is 2.00 bits per heavy atom. The topological polar surface area (TPSA) is 15.3 Å². The summed E-state index contributed by atoms with van der Waals surface area (Å²) in [6, 6.07) is 9.75. The van der Waals surface area contributed by atoms with Crippen LogP contribution in [0.2, 0.25) is 0 Å². The number of anilines is 1. The molecule has 1 saturated carbocycles. The Hall–Kier alpha value is -1.02. The summed E-state index contributed by atoms with van der Waals surface area (Å²) in [6.07, 6.45) is 8.61. The Morgan fingerprint density at radius 3 is 3.00 bits per heavy atom. The van der Waals surface area contributed by atoms with Crippen molar-refractivity contribution < 1.29 is 0 Å². The number of benzene rings is 1. The number of nitrogens with zero attached hydrogens (tertiary/aromatic N) is 1. The smallest absolute Gasteiger partial charge is 0.0372 e. The molecule has 0 aromatic heterocycles. The van der Waals surface area contributed by atoms with Gasteiger partial charge in [0.25, 0.3) is 0 Å². The van der Waals surface area contributed by atoms with Gasteiger partial charge in [-0.1, -0.05) is 31.0 Å². The fraction of sp³-hybridized carbons (Fsp3) is 0.667. The van der Waals surface area contributed by atoms with Gasteiger partial charge in [-0.15, -0.1) is 0 Å². The summed E-state index contributed by atoms with van der Waals surface area (Å²) in [5.41, 5.74) is 2.88. The first-order valence-electron chi connectivity index (χ1n) is 8.46. The SMILES string of the molecule is c1ccc2c(c1)CC(CN1CCC3CCCCC31)CN2. The summed E-state index contributed by atoms with van der Waals surface area (Å²) in [5.74, 6) is 1.82. The van der Waals surface area contributed by atoms with Gasteiger partial charge in [0.1, 0.15) is 0 Å². The third-order valence-corrected chi connectivity index (χ3v) is 5.72. The lowest BCUT2D eigenvalue weighted by Crippen LogP contribution is -2.41. The van der Waals surface area contributed by atoms with Crippen LogP contribution < -0.4 is 5.32 Å². The highest BCUT2D eigenvalue weighted by Gasteiger charge is 2.36. The first kappa shape index (κ1) is 12.7. The van der Waals surface area contributed by atoms with E-state index in [9.17, 15) is 0 Å². The van der Waals surface area contributed by atoms with Gasteiger partial charge in [0, 0.05) is 24.8 Å². The number of hydrogen-bond donors (Lipinski definition) is 1. The maximum atomic E-state index is 3.63. The molecule has 3 aliphatic rings. The highest BCUT2D eigenvalue weighted by atomic mass is 15.2. The summed E-state index contributed by atoms with van der Waals surface area (Å²) in [6.45, 7) is 3.82. The molecule has 4 rings (SSSR count). The summed E-state index contributed by atoms with van der Waals surface area (Å²) in [4.78, 5) is 2.82. The van der Waals surface area contributed by atoms with Crippen LogP contribution >= 0.6 is 0 Å². The molecule has 108 valence electrons. The van der Waals surface area contributed by atoms with Crippen molar-refractivity contribution in [3.8, 4) is 0 Å². The lowest BCUT2D eigenvalue weighted by Gasteiger charge is -2.35. The second-order valence-electron chi connectivity index (χ2n) is 7.00. The summed E-state index contributed by atoms with van der Waals surface area (Å²) in [5, 5.41) is 3.63. The molecule has 1 aromatic carbocycles. The third kappa shape index (κ3) is 2.35. The van der Waals surface area contributed by atoms with Gasteiger partial charge in [-0.3, -0.25) is 4.90 Å². The molecular weight excluding hydrogens is 244 g/mol. The Morgan fingerprint density at radius 1 is 1.10 bits per heavy atom. The minimum atomic E-state index is 0.797. The first-order chi connectivity index (χ1) is 9.90. The molecule has 3 unspecified atom stereocenters. The number of fused-ring (bicyclic) bond motifs is 2. The number of rotatable bonds is 2. The fourth-order valence-electron chi connectivity index (χ4n) is 4.70. The highest BCUT2D eigenvalue weighted by Crippen LogP contribution is 2.37. The molecule has 2 aliphatic heterocycles. The quantitative estimate of drug-likeness (QED) is 0.884. The Balaban J connectivity index is 1.41. The molecule has 0 bridgehead atoms. The average molecular weight is 270 g/mol. The average Bonchev–Trinajstić information content (AvgIpc) is 2.91. The van der Waals surface area contributed by atoms with E-state index in [1.54, 1.807) is 0 Å². The number of para-hydroxylation sites is 1. The second-order valence-corrected chi connectivity index (χ2v) is 7.00. The van der Waals surface area contributed by atoms with Crippen molar-refractivity contribution in [2.45, 2.75) is 44.6 Å². The van der Waals surface area contributed by atoms with Gasteiger partial charge in [-0.25, -0.2) is 0 Å². The third-order valence-electron chi connectivity index (χ3n) is 5.72. The molecule has 1 aromatic rings. The van der Waals surface area contributed by atoms with E-state index in [1.807, 2.05) is 0 Å². The predicted octanol–water partition coefficient (Wildman–Crippen LogP) is 3.54. The first-order valence-corrected chi connectivity index (χ1v) is 8.46. The van der Waals surface area contributed by atoms with Crippen molar-refractivity contribution >= 4 is 5.69 Å². The molecule has 0 radical (unpaired) electrons. The molecule has 20 heavy (non-hydrogen) atoms. The van der Waals surface area contributed by atoms with Gasteiger partial charge in [-0.2, -0.15) is 0 Å². The molecule has 2 heteroatoms. The molecule has 1 saturated heterocycles.